The zero-order valence-corrected chi connectivity index (χ0v) is 12.2. The van der Waals surface area contributed by atoms with Gasteiger partial charge >= 0.3 is 5.97 Å². The summed E-state index contributed by atoms with van der Waals surface area (Å²) < 4.78 is 22.6. The monoisotopic (exact) mass is 279 g/mol. The smallest absolute Gasteiger partial charge is 0.308 e. The molecule has 0 aliphatic carbocycles. The topological polar surface area (TPSA) is 91.8 Å². The van der Waals surface area contributed by atoms with E-state index in [1.165, 1.54) is 34.7 Å². The molecule has 1 atom stereocenters. The van der Waals surface area contributed by atoms with Gasteiger partial charge in [0, 0.05) is 13.6 Å². The normalized spacial score (nSPS) is 14.1. The van der Waals surface area contributed by atoms with Crippen molar-refractivity contribution in [2.24, 2.45) is 5.92 Å². The Bertz CT molecular complexity index is 421. The van der Waals surface area contributed by atoms with Gasteiger partial charge in [0.15, 0.2) is 9.84 Å². The Hall–Kier alpha value is -1.11. The van der Waals surface area contributed by atoms with Gasteiger partial charge in [-0.15, -0.1) is 0 Å². The highest BCUT2D eigenvalue weighted by Crippen LogP contribution is 2.16. The molecular weight excluding hydrogens is 258 g/mol. The molecule has 0 aromatic rings. The predicted octanol–water partition coefficient (Wildman–Crippen LogP) is 0.379. The zero-order chi connectivity index (χ0) is 14.7. The Morgan fingerprint density at radius 3 is 2.06 bits per heavy atom. The molecule has 7 heteroatoms. The minimum atomic E-state index is -3.54. The van der Waals surface area contributed by atoms with Gasteiger partial charge in [-0.25, -0.2) is 8.42 Å². The van der Waals surface area contributed by atoms with Crippen molar-refractivity contribution >= 4 is 21.7 Å². The van der Waals surface area contributed by atoms with Gasteiger partial charge in [-0.1, -0.05) is 6.92 Å². The molecule has 0 radical (unpaired) electrons. The highest BCUT2D eigenvalue weighted by Gasteiger charge is 2.32. The van der Waals surface area contributed by atoms with E-state index < -0.39 is 38.1 Å². The molecule has 0 spiro atoms. The summed E-state index contributed by atoms with van der Waals surface area (Å²) in [5.41, 5.74) is 0. The summed E-state index contributed by atoms with van der Waals surface area (Å²) >= 11 is 0. The molecule has 1 amide bonds. The summed E-state index contributed by atoms with van der Waals surface area (Å²) in [6, 6.07) is 0. The van der Waals surface area contributed by atoms with Gasteiger partial charge in [0.1, 0.15) is 5.75 Å². The van der Waals surface area contributed by atoms with Crippen LogP contribution >= 0.6 is 0 Å². The maximum absolute atomic E-state index is 11.8. The molecule has 18 heavy (non-hydrogen) atoms. The molecule has 0 fully saturated rings. The molecule has 6 nitrogen and oxygen atoms in total. The number of aliphatic carboxylic acids is 1. The van der Waals surface area contributed by atoms with E-state index >= 15 is 0 Å². The number of sulfone groups is 1. The number of rotatable bonds is 5. The second-order valence-corrected chi connectivity index (χ2v) is 8.13. The first-order valence-corrected chi connectivity index (χ1v) is 7.23. The number of nitrogens with zero attached hydrogens (tertiary/aromatic N) is 1. The van der Waals surface area contributed by atoms with E-state index in [-0.39, 0.29) is 6.54 Å². The van der Waals surface area contributed by atoms with Crippen molar-refractivity contribution in [1.82, 2.24) is 4.90 Å². The number of carbonyl (C=O) groups excluding carboxylic acids is 1. The minimum absolute atomic E-state index is 0.00612. The van der Waals surface area contributed by atoms with E-state index in [1.807, 2.05) is 0 Å². The van der Waals surface area contributed by atoms with Crippen LogP contribution in [0.2, 0.25) is 0 Å². The van der Waals surface area contributed by atoms with Crippen molar-refractivity contribution in [3.05, 3.63) is 0 Å². The molecule has 0 bridgehead atoms. The molecule has 0 saturated heterocycles. The van der Waals surface area contributed by atoms with Gasteiger partial charge < -0.3 is 10.0 Å². The third-order valence-electron chi connectivity index (χ3n) is 2.64. The first-order valence-electron chi connectivity index (χ1n) is 5.57. The molecule has 0 heterocycles. The lowest BCUT2D eigenvalue weighted by Gasteiger charge is -2.23. The highest BCUT2D eigenvalue weighted by atomic mass is 32.2. The van der Waals surface area contributed by atoms with Gasteiger partial charge in [-0.05, 0) is 20.8 Å². The summed E-state index contributed by atoms with van der Waals surface area (Å²) in [6.45, 7) is 6.03. The SMILES string of the molecule is CC(CN(C)C(=O)CS(=O)(=O)C(C)(C)C)C(=O)O. The maximum atomic E-state index is 11.8. The Kier molecular flexibility index (Phi) is 5.34. The van der Waals surface area contributed by atoms with Crippen LogP contribution in [0.3, 0.4) is 0 Å². The second kappa shape index (κ2) is 5.69. The molecular formula is C11H21NO5S. The van der Waals surface area contributed by atoms with Crippen LogP contribution in [0.4, 0.5) is 0 Å². The fraction of sp³-hybridized carbons (Fsp3) is 0.818. The van der Waals surface area contributed by atoms with E-state index in [0.29, 0.717) is 0 Å². The van der Waals surface area contributed by atoms with Gasteiger partial charge in [0.25, 0.3) is 0 Å². The Labute approximate surface area is 108 Å². The molecule has 0 rings (SSSR count). The summed E-state index contributed by atoms with van der Waals surface area (Å²) in [5.74, 6) is -2.93. The Balaban J connectivity index is 4.66. The summed E-state index contributed by atoms with van der Waals surface area (Å²) in [6.07, 6.45) is 0. The molecule has 0 aliphatic rings. The van der Waals surface area contributed by atoms with Crippen molar-refractivity contribution < 1.29 is 23.1 Å². The molecule has 1 unspecified atom stereocenters. The van der Waals surface area contributed by atoms with Gasteiger partial charge in [0.05, 0.1) is 10.7 Å². The number of hydrogen-bond acceptors (Lipinski definition) is 4. The predicted molar refractivity (Wildman–Crippen MR) is 68.0 cm³/mol. The molecule has 1 N–H and O–H groups in total. The standard InChI is InChI=1S/C11H21NO5S/c1-8(10(14)15)6-12(5)9(13)7-18(16,17)11(2,3)4/h8H,6-7H2,1-5H3,(H,14,15). The highest BCUT2D eigenvalue weighted by molar-refractivity contribution is 7.93. The largest absolute Gasteiger partial charge is 0.481 e. The fourth-order valence-corrected chi connectivity index (χ4v) is 2.06. The van der Waals surface area contributed by atoms with Crippen LogP contribution in [0.15, 0.2) is 0 Å². The number of hydrogen-bond donors (Lipinski definition) is 1. The van der Waals surface area contributed by atoms with Crippen molar-refractivity contribution in [2.45, 2.75) is 32.4 Å². The van der Waals surface area contributed by atoms with Gasteiger partial charge in [-0.2, -0.15) is 0 Å². The summed E-state index contributed by atoms with van der Waals surface area (Å²) in [7, 11) is -2.13. The first kappa shape index (κ1) is 16.9. The van der Waals surface area contributed by atoms with E-state index in [2.05, 4.69) is 0 Å². The minimum Gasteiger partial charge on any atom is -0.481 e. The average molecular weight is 279 g/mol. The van der Waals surface area contributed by atoms with Crippen LogP contribution in [-0.2, 0) is 19.4 Å². The second-order valence-electron chi connectivity index (χ2n) is 5.39. The van der Waals surface area contributed by atoms with Crippen LogP contribution in [0.25, 0.3) is 0 Å². The summed E-state index contributed by atoms with van der Waals surface area (Å²) in [5, 5.41) is 8.72. The van der Waals surface area contributed by atoms with E-state index in [4.69, 9.17) is 5.11 Å². The number of carboxylic acids is 1. The lowest BCUT2D eigenvalue weighted by atomic mass is 10.2. The van der Waals surface area contributed by atoms with E-state index in [1.54, 1.807) is 0 Å². The number of carbonyl (C=O) groups is 2. The van der Waals surface area contributed by atoms with Crippen LogP contribution in [0.1, 0.15) is 27.7 Å². The molecule has 0 aliphatic heterocycles. The van der Waals surface area contributed by atoms with Gasteiger partial charge in [-0.3, -0.25) is 9.59 Å². The first-order chi connectivity index (χ1) is 7.88. The van der Waals surface area contributed by atoms with Crippen LogP contribution in [0.5, 0.6) is 0 Å². The Morgan fingerprint density at radius 1 is 1.28 bits per heavy atom. The van der Waals surface area contributed by atoms with Crippen molar-refractivity contribution in [1.29, 1.82) is 0 Å². The molecule has 0 aromatic carbocycles. The number of carboxylic acid groups (broad SMARTS) is 1. The lowest BCUT2D eigenvalue weighted by molar-refractivity contribution is -0.142. The van der Waals surface area contributed by atoms with Crippen molar-refractivity contribution in [2.75, 3.05) is 19.3 Å². The third-order valence-corrected chi connectivity index (χ3v) is 5.13. The van der Waals surface area contributed by atoms with Crippen LogP contribution < -0.4 is 0 Å². The maximum Gasteiger partial charge on any atom is 0.308 e. The van der Waals surface area contributed by atoms with Gasteiger partial charge in [0.2, 0.25) is 5.91 Å². The Morgan fingerprint density at radius 2 is 1.72 bits per heavy atom. The zero-order valence-electron chi connectivity index (χ0n) is 11.4. The number of amides is 1. The molecule has 106 valence electrons. The average Bonchev–Trinajstić information content (AvgIpc) is 2.14. The fourth-order valence-electron chi connectivity index (χ4n) is 1.08. The van der Waals surface area contributed by atoms with Crippen LogP contribution in [0, 0.1) is 5.92 Å². The molecule has 0 aromatic heterocycles. The quantitative estimate of drug-likeness (QED) is 0.785. The van der Waals surface area contributed by atoms with E-state index in [9.17, 15) is 18.0 Å². The summed E-state index contributed by atoms with van der Waals surface area (Å²) in [4.78, 5) is 23.5. The molecule has 0 saturated carbocycles. The van der Waals surface area contributed by atoms with Crippen LogP contribution in [-0.4, -0.2) is 54.4 Å². The third kappa shape index (κ3) is 4.64. The van der Waals surface area contributed by atoms with Crippen molar-refractivity contribution in [3.8, 4) is 0 Å². The van der Waals surface area contributed by atoms with Crippen molar-refractivity contribution in [3.63, 3.8) is 0 Å². The lowest BCUT2D eigenvalue weighted by Crippen LogP contribution is -2.41. The van der Waals surface area contributed by atoms with E-state index in [0.717, 1.165) is 4.90 Å².